The molecule has 0 amide bonds. The quantitative estimate of drug-likeness (QED) is 0.180. The number of rotatable bonds is 6. The summed E-state index contributed by atoms with van der Waals surface area (Å²) in [5.74, 6) is 0.702. The molecule has 0 fully saturated rings. The van der Waals surface area contributed by atoms with Crippen LogP contribution < -0.4 is 0 Å². The van der Waals surface area contributed by atoms with Gasteiger partial charge in [0.05, 0.1) is 11.4 Å². The lowest BCUT2D eigenvalue weighted by molar-refractivity contribution is 1.18. The Morgan fingerprint density at radius 1 is 0.327 bits per heavy atom. The molecule has 0 spiro atoms. The summed E-state index contributed by atoms with van der Waals surface area (Å²) in [4.78, 5) is 10.6. The Bertz CT molecular complexity index is 2590. The number of nitrogens with zero attached hydrogens (tertiary/aromatic N) is 2. The van der Waals surface area contributed by atoms with E-state index in [4.69, 9.17) is 9.97 Å². The highest BCUT2D eigenvalue weighted by Gasteiger charge is 2.17. The Balaban J connectivity index is 1.31. The molecule has 0 atom stereocenters. The summed E-state index contributed by atoms with van der Waals surface area (Å²) in [6.07, 6.45) is 0. The van der Waals surface area contributed by atoms with E-state index >= 15 is 0 Å². The molecule has 2 nitrogen and oxygen atoms in total. The first-order chi connectivity index (χ1) is 24.3. The first-order valence-electron chi connectivity index (χ1n) is 16.5. The van der Waals surface area contributed by atoms with Gasteiger partial charge in [0.25, 0.3) is 0 Å². The van der Waals surface area contributed by atoms with Crippen molar-refractivity contribution in [3.8, 4) is 67.3 Å². The van der Waals surface area contributed by atoms with Gasteiger partial charge in [-0.25, -0.2) is 9.97 Å². The first-order valence-corrected chi connectivity index (χ1v) is 17.3. The maximum Gasteiger partial charge on any atom is 0.161 e. The third-order valence-corrected chi connectivity index (χ3v) is 10.2. The zero-order chi connectivity index (χ0) is 32.6. The summed E-state index contributed by atoms with van der Waals surface area (Å²) in [5, 5.41) is 2.59. The second-order valence-corrected chi connectivity index (χ2v) is 13.3. The summed E-state index contributed by atoms with van der Waals surface area (Å²) in [6, 6.07) is 64.4. The average Bonchev–Trinajstić information content (AvgIpc) is 3.58. The van der Waals surface area contributed by atoms with E-state index in [1.54, 1.807) is 0 Å². The first kappa shape index (κ1) is 29.0. The molecule has 49 heavy (non-hydrogen) atoms. The summed E-state index contributed by atoms with van der Waals surface area (Å²) < 4.78 is 2.59. The van der Waals surface area contributed by atoms with E-state index in [0.717, 1.165) is 50.3 Å². The molecular formula is C46H30N2S. The zero-order valence-electron chi connectivity index (χ0n) is 26.6. The van der Waals surface area contributed by atoms with E-state index in [-0.39, 0.29) is 0 Å². The molecule has 9 rings (SSSR count). The van der Waals surface area contributed by atoms with E-state index < -0.39 is 0 Å². The number of hydrogen-bond donors (Lipinski definition) is 0. The number of hydrogen-bond acceptors (Lipinski definition) is 3. The Labute approximate surface area is 289 Å². The van der Waals surface area contributed by atoms with Gasteiger partial charge < -0.3 is 0 Å². The van der Waals surface area contributed by atoms with Gasteiger partial charge in [0, 0.05) is 36.9 Å². The molecule has 0 N–H and O–H groups in total. The predicted molar refractivity (Wildman–Crippen MR) is 208 cm³/mol. The smallest absolute Gasteiger partial charge is 0.161 e. The van der Waals surface area contributed by atoms with Gasteiger partial charge in [0.1, 0.15) is 0 Å². The number of benzene rings is 7. The van der Waals surface area contributed by atoms with Gasteiger partial charge in [-0.3, -0.25) is 0 Å². The van der Waals surface area contributed by atoms with Crippen LogP contribution in [0.25, 0.3) is 87.5 Å². The van der Waals surface area contributed by atoms with Crippen LogP contribution in [0, 0.1) is 0 Å². The molecule has 0 aliphatic heterocycles. The second kappa shape index (κ2) is 12.5. The summed E-state index contributed by atoms with van der Waals surface area (Å²) in [6.45, 7) is 0. The largest absolute Gasteiger partial charge is 0.228 e. The van der Waals surface area contributed by atoms with Crippen LogP contribution in [0.5, 0.6) is 0 Å². The van der Waals surface area contributed by atoms with Crippen LogP contribution in [0.15, 0.2) is 182 Å². The molecule has 0 aliphatic rings. The van der Waals surface area contributed by atoms with Gasteiger partial charge in [-0.15, -0.1) is 11.3 Å². The van der Waals surface area contributed by atoms with Crippen molar-refractivity contribution in [3.63, 3.8) is 0 Å². The van der Waals surface area contributed by atoms with Crippen LogP contribution >= 0.6 is 11.3 Å². The third kappa shape index (κ3) is 5.50. The molecule has 0 bridgehead atoms. The second-order valence-electron chi connectivity index (χ2n) is 12.2. The van der Waals surface area contributed by atoms with Gasteiger partial charge >= 0.3 is 0 Å². The fourth-order valence-corrected chi connectivity index (χ4v) is 7.90. The fraction of sp³-hybridized carbons (Fsp3) is 0. The van der Waals surface area contributed by atoms with Crippen LogP contribution in [-0.4, -0.2) is 9.97 Å². The predicted octanol–water partition coefficient (Wildman–Crippen LogP) is 12.8. The van der Waals surface area contributed by atoms with Gasteiger partial charge in [-0.1, -0.05) is 146 Å². The third-order valence-electron chi connectivity index (χ3n) is 9.10. The number of fused-ring (bicyclic) bond motifs is 3. The minimum absolute atomic E-state index is 0.702. The van der Waals surface area contributed by atoms with E-state index in [0.29, 0.717) is 5.82 Å². The molecule has 2 aromatic heterocycles. The standard InChI is InChI=1S/C46H30N2S/c1-4-15-31(16-5-1)34-27-35(38-24-14-26-44-45(38)40-23-12-13-25-43(40)49-44)29-36(28-34)42-30-41(33-19-8-3-9-20-33)47-46(48-42)39-22-11-10-21-37(39)32-17-6-2-7-18-32/h1-30H. The van der Waals surface area contributed by atoms with E-state index in [1.165, 1.54) is 31.3 Å². The van der Waals surface area contributed by atoms with Crippen LogP contribution in [0.3, 0.4) is 0 Å². The summed E-state index contributed by atoms with van der Waals surface area (Å²) >= 11 is 1.85. The molecule has 0 saturated carbocycles. The summed E-state index contributed by atoms with van der Waals surface area (Å²) in [5.41, 5.74) is 11.8. The van der Waals surface area contributed by atoms with Crippen molar-refractivity contribution >= 4 is 31.5 Å². The van der Waals surface area contributed by atoms with E-state index in [2.05, 4.69) is 170 Å². The highest BCUT2D eigenvalue weighted by molar-refractivity contribution is 7.25. The van der Waals surface area contributed by atoms with Gasteiger partial charge in [-0.2, -0.15) is 0 Å². The van der Waals surface area contributed by atoms with Gasteiger partial charge in [0.2, 0.25) is 0 Å². The molecular weight excluding hydrogens is 613 g/mol. The molecule has 0 unspecified atom stereocenters. The number of thiophene rings is 1. The van der Waals surface area contributed by atoms with Crippen molar-refractivity contribution in [2.75, 3.05) is 0 Å². The van der Waals surface area contributed by atoms with Crippen molar-refractivity contribution in [1.29, 1.82) is 0 Å². The van der Waals surface area contributed by atoms with Crippen LogP contribution in [-0.2, 0) is 0 Å². The monoisotopic (exact) mass is 642 g/mol. The van der Waals surface area contributed by atoms with Crippen molar-refractivity contribution in [1.82, 2.24) is 9.97 Å². The Morgan fingerprint density at radius 3 is 1.61 bits per heavy atom. The normalized spacial score (nSPS) is 11.3. The Kier molecular flexibility index (Phi) is 7.38. The van der Waals surface area contributed by atoms with Crippen LogP contribution in [0.4, 0.5) is 0 Å². The van der Waals surface area contributed by atoms with E-state index in [9.17, 15) is 0 Å². The molecule has 2 heterocycles. The maximum absolute atomic E-state index is 5.35. The van der Waals surface area contributed by atoms with Crippen molar-refractivity contribution < 1.29 is 0 Å². The van der Waals surface area contributed by atoms with Crippen molar-refractivity contribution in [2.24, 2.45) is 0 Å². The minimum Gasteiger partial charge on any atom is -0.228 e. The van der Waals surface area contributed by atoms with Crippen LogP contribution in [0.2, 0.25) is 0 Å². The summed E-state index contributed by atoms with van der Waals surface area (Å²) in [7, 11) is 0. The maximum atomic E-state index is 5.35. The van der Waals surface area contributed by atoms with Gasteiger partial charge in [-0.05, 0) is 69.8 Å². The fourth-order valence-electron chi connectivity index (χ4n) is 6.76. The van der Waals surface area contributed by atoms with Gasteiger partial charge in [0.15, 0.2) is 5.82 Å². The van der Waals surface area contributed by atoms with E-state index in [1.807, 2.05) is 23.5 Å². The molecule has 9 aromatic rings. The lowest BCUT2D eigenvalue weighted by atomic mass is 9.92. The lowest BCUT2D eigenvalue weighted by Gasteiger charge is -2.15. The highest BCUT2D eigenvalue weighted by Crippen LogP contribution is 2.42. The highest BCUT2D eigenvalue weighted by atomic mass is 32.1. The topological polar surface area (TPSA) is 25.8 Å². The van der Waals surface area contributed by atoms with Crippen molar-refractivity contribution in [2.45, 2.75) is 0 Å². The molecule has 3 heteroatoms. The van der Waals surface area contributed by atoms with Crippen LogP contribution in [0.1, 0.15) is 0 Å². The lowest BCUT2D eigenvalue weighted by Crippen LogP contribution is -1.98. The zero-order valence-corrected chi connectivity index (χ0v) is 27.4. The SMILES string of the molecule is c1ccc(-c2cc(-c3cc(-c4ccccc4)nc(-c4ccccc4-c4ccccc4)n3)cc(-c3cccc4sc5ccccc5c34)c2)cc1. The molecule has 0 saturated heterocycles. The minimum atomic E-state index is 0.702. The molecule has 7 aromatic carbocycles. The van der Waals surface area contributed by atoms with Crippen molar-refractivity contribution in [3.05, 3.63) is 182 Å². The molecule has 0 radical (unpaired) electrons. The molecule has 230 valence electrons. The molecule has 0 aliphatic carbocycles. The Hall–Kier alpha value is -6.16. The average molecular weight is 643 g/mol. The number of aromatic nitrogens is 2. The Morgan fingerprint density at radius 2 is 0.857 bits per heavy atom.